The molecule has 1 N–H and O–H groups in total. The molecule has 6 rings (SSSR count). The number of nitrogens with zero attached hydrogens (tertiary/aromatic N) is 3. The SMILES string of the molecule is C/C(=C1/c2ccc(Cc3c(C)nc4c(Cl)cccn34)cc2COc2cc(F)ccc21)c1noc(=O)[nH]1. The van der Waals surface area contributed by atoms with Crippen LogP contribution in [-0.2, 0) is 13.0 Å². The van der Waals surface area contributed by atoms with E-state index in [4.69, 9.17) is 20.9 Å². The van der Waals surface area contributed by atoms with E-state index in [1.54, 1.807) is 6.07 Å². The average molecular weight is 503 g/mol. The van der Waals surface area contributed by atoms with Crippen LogP contribution in [0.15, 0.2) is 64.0 Å². The molecule has 1 aliphatic heterocycles. The van der Waals surface area contributed by atoms with Gasteiger partial charge in [0.2, 0.25) is 0 Å². The minimum Gasteiger partial charge on any atom is -0.488 e. The number of ether oxygens (including phenoxy) is 1. The predicted octanol–water partition coefficient (Wildman–Crippen LogP) is 5.57. The van der Waals surface area contributed by atoms with Gasteiger partial charge in [-0.25, -0.2) is 14.2 Å². The molecule has 7 nitrogen and oxygen atoms in total. The highest BCUT2D eigenvalue weighted by Crippen LogP contribution is 2.41. The van der Waals surface area contributed by atoms with Crippen LogP contribution in [0, 0.1) is 12.7 Å². The zero-order chi connectivity index (χ0) is 25.0. The number of halogens is 2. The molecule has 0 unspecified atom stereocenters. The number of imidazole rings is 1. The lowest BCUT2D eigenvalue weighted by atomic mass is 9.89. The van der Waals surface area contributed by atoms with E-state index in [9.17, 15) is 9.18 Å². The molecule has 4 heterocycles. The summed E-state index contributed by atoms with van der Waals surface area (Å²) in [4.78, 5) is 18.9. The van der Waals surface area contributed by atoms with Crippen LogP contribution in [0.3, 0.4) is 0 Å². The first-order valence-corrected chi connectivity index (χ1v) is 11.7. The predicted molar refractivity (Wildman–Crippen MR) is 134 cm³/mol. The van der Waals surface area contributed by atoms with E-state index in [1.165, 1.54) is 12.1 Å². The molecule has 2 aromatic carbocycles. The van der Waals surface area contributed by atoms with E-state index < -0.39 is 11.6 Å². The number of pyridine rings is 1. The Morgan fingerprint density at radius 2 is 2.03 bits per heavy atom. The lowest BCUT2D eigenvalue weighted by molar-refractivity contribution is 0.305. The van der Waals surface area contributed by atoms with Gasteiger partial charge in [0, 0.05) is 35.5 Å². The number of allylic oxidation sites excluding steroid dienone is 1. The maximum absolute atomic E-state index is 14.1. The number of hydrogen-bond acceptors (Lipinski definition) is 5. The van der Waals surface area contributed by atoms with E-state index in [0.29, 0.717) is 34.2 Å². The van der Waals surface area contributed by atoms with Crippen molar-refractivity contribution in [1.82, 2.24) is 19.5 Å². The molecule has 0 aliphatic carbocycles. The van der Waals surface area contributed by atoms with Crippen molar-refractivity contribution < 1.29 is 13.7 Å². The quantitative estimate of drug-likeness (QED) is 0.348. The molecule has 0 saturated heterocycles. The van der Waals surface area contributed by atoms with Crippen molar-refractivity contribution in [2.75, 3.05) is 0 Å². The van der Waals surface area contributed by atoms with Gasteiger partial charge in [-0.3, -0.25) is 9.51 Å². The highest BCUT2D eigenvalue weighted by atomic mass is 35.5. The lowest BCUT2D eigenvalue weighted by Gasteiger charge is -2.14. The second-order valence-electron chi connectivity index (χ2n) is 8.73. The minimum absolute atomic E-state index is 0.254. The number of aromatic nitrogens is 4. The van der Waals surface area contributed by atoms with Crippen LogP contribution in [0.1, 0.15) is 46.4 Å². The van der Waals surface area contributed by atoms with E-state index in [-0.39, 0.29) is 6.61 Å². The molecule has 36 heavy (non-hydrogen) atoms. The normalized spacial score (nSPS) is 14.2. The van der Waals surface area contributed by atoms with Gasteiger partial charge >= 0.3 is 5.76 Å². The molecule has 1 aliphatic rings. The summed E-state index contributed by atoms with van der Waals surface area (Å²) in [5.41, 5.74) is 7.74. The summed E-state index contributed by atoms with van der Waals surface area (Å²) >= 11 is 6.35. The Hall–Kier alpha value is -4.17. The van der Waals surface area contributed by atoms with Crippen LogP contribution in [0.2, 0.25) is 5.02 Å². The number of benzene rings is 2. The molecule has 0 atom stereocenters. The van der Waals surface area contributed by atoms with Gasteiger partial charge in [0.25, 0.3) is 0 Å². The second kappa shape index (κ2) is 8.49. The Bertz CT molecular complexity index is 1750. The Balaban J connectivity index is 1.49. The summed E-state index contributed by atoms with van der Waals surface area (Å²) in [5.74, 6) is -0.317. The standard InChI is InChI=1S/C27H20ClFN4O3/c1-14(25-31-27(34)36-32-25)24-19-7-5-16(10-17(19)13-35-23-12-18(29)6-8-20(23)24)11-22-15(2)30-26-21(28)4-3-9-33(22)26/h3-10,12H,11,13H2,1-2H3,(H,31,32,34)/b24-14+. The van der Waals surface area contributed by atoms with Crippen LogP contribution in [0.4, 0.5) is 4.39 Å². The van der Waals surface area contributed by atoms with E-state index in [0.717, 1.165) is 39.3 Å². The summed E-state index contributed by atoms with van der Waals surface area (Å²) < 4.78 is 26.9. The monoisotopic (exact) mass is 502 g/mol. The van der Waals surface area contributed by atoms with Crippen molar-refractivity contribution in [3.63, 3.8) is 0 Å². The summed E-state index contributed by atoms with van der Waals surface area (Å²) in [6.07, 6.45) is 2.59. The van der Waals surface area contributed by atoms with E-state index >= 15 is 0 Å². The summed E-state index contributed by atoms with van der Waals surface area (Å²) in [7, 11) is 0. The summed E-state index contributed by atoms with van der Waals surface area (Å²) in [5, 5.41) is 4.46. The molecule has 5 aromatic rings. The first kappa shape index (κ1) is 22.3. The van der Waals surface area contributed by atoms with Crippen molar-refractivity contribution in [3.8, 4) is 5.75 Å². The third kappa shape index (κ3) is 3.70. The Morgan fingerprint density at radius 1 is 1.19 bits per heavy atom. The molecule has 0 amide bonds. The number of H-pyrrole nitrogens is 1. The minimum atomic E-state index is -0.645. The fraction of sp³-hybridized carbons (Fsp3) is 0.148. The molecule has 9 heteroatoms. The van der Waals surface area contributed by atoms with Gasteiger partial charge < -0.3 is 9.14 Å². The molecule has 0 spiro atoms. The number of nitrogens with one attached hydrogen (secondary N) is 1. The number of aromatic amines is 1. The average Bonchev–Trinajstić information content (AvgIpc) is 3.39. The van der Waals surface area contributed by atoms with Crippen molar-refractivity contribution >= 4 is 28.4 Å². The highest BCUT2D eigenvalue weighted by Gasteiger charge is 2.24. The first-order valence-electron chi connectivity index (χ1n) is 11.3. The fourth-order valence-corrected chi connectivity index (χ4v) is 4.97. The van der Waals surface area contributed by atoms with E-state index in [1.807, 2.05) is 42.6 Å². The smallest absolute Gasteiger partial charge is 0.439 e. The molecule has 3 aromatic heterocycles. The largest absolute Gasteiger partial charge is 0.488 e. The molecule has 0 fully saturated rings. The number of rotatable bonds is 3. The van der Waals surface area contributed by atoms with Crippen LogP contribution in [0.25, 0.3) is 16.8 Å². The summed E-state index contributed by atoms with van der Waals surface area (Å²) in [6.45, 7) is 4.06. The third-order valence-electron chi connectivity index (χ3n) is 6.48. The molecule has 0 radical (unpaired) electrons. The summed E-state index contributed by atoms with van der Waals surface area (Å²) in [6, 6.07) is 14.3. The second-order valence-corrected chi connectivity index (χ2v) is 9.14. The van der Waals surface area contributed by atoms with Gasteiger partial charge in [-0.1, -0.05) is 35.0 Å². The van der Waals surface area contributed by atoms with Crippen LogP contribution in [-0.4, -0.2) is 19.5 Å². The number of aryl methyl sites for hydroxylation is 1. The van der Waals surface area contributed by atoms with Gasteiger partial charge in [-0.05, 0) is 60.4 Å². The van der Waals surface area contributed by atoms with Crippen LogP contribution >= 0.6 is 11.6 Å². The Labute approximate surface area is 209 Å². The van der Waals surface area contributed by atoms with E-state index in [2.05, 4.69) is 27.3 Å². The van der Waals surface area contributed by atoms with Gasteiger partial charge in [0.15, 0.2) is 11.5 Å². The molecule has 0 bridgehead atoms. The molecule has 180 valence electrons. The fourth-order valence-electron chi connectivity index (χ4n) is 4.76. The zero-order valence-corrected chi connectivity index (χ0v) is 20.2. The van der Waals surface area contributed by atoms with Crippen molar-refractivity contribution in [2.45, 2.75) is 26.9 Å². The van der Waals surface area contributed by atoms with Crippen molar-refractivity contribution in [3.05, 3.63) is 116 Å². The first-order chi connectivity index (χ1) is 17.4. The number of hydrogen-bond donors (Lipinski definition) is 1. The zero-order valence-electron chi connectivity index (χ0n) is 19.4. The highest BCUT2D eigenvalue weighted by molar-refractivity contribution is 6.33. The van der Waals surface area contributed by atoms with Gasteiger partial charge in [0.05, 0.1) is 10.7 Å². The molecular weight excluding hydrogens is 483 g/mol. The Morgan fingerprint density at radius 3 is 2.83 bits per heavy atom. The van der Waals surface area contributed by atoms with Gasteiger partial charge in [0.1, 0.15) is 18.2 Å². The molecule has 0 saturated carbocycles. The van der Waals surface area contributed by atoms with Gasteiger partial charge in [-0.15, -0.1) is 0 Å². The lowest BCUT2D eigenvalue weighted by Crippen LogP contribution is -2.02. The Kier molecular flexibility index (Phi) is 5.26. The topological polar surface area (TPSA) is 85.4 Å². The van der Waals surface area contributed by atoms with Crippen LogP contribution in [0.5, 0.6) is 5.75 Å². The van der Waals surface area contributed by atoms with Crippen molar-refractivity contribution in [2.24, 2.45) is 0 Å². The molecular formula is C27H20ClFN4O3. The number of fused-ring (bicyclic) bond motifs is 3. The third-order valence-corrected chi connectivity index (χ3v) is 6.77. The van der Waals surface area contributed by atoms with Gasteiger partial charge in [-0.2, -0.15) is 0 Å². The van der Waals surface area contributed by atoms with Crippen LogP contribution < -0.4 is 10.5 Å². The maximum atomic E-state index is 14.1. The van der Waals surface area contributed by atoms with Crippen molar-refractivity contribution in [1.29, 1.82) is 0 Å². The maximum Gasteiger partial charge on any atom is 0.439 e.